The Hall–Kier alpha value is -3.32. The van der Waals surface area contributed by atoms with Gasteiger partial charge in [-0.1, -0.05) is 36.4 Å². The summed E-state index contributed by atoms with van der Waals surface area (Å²) in [5, 5.41) is 21.1. The molecule has 2 unspecified atom stereocenters. The zero-order chi connectivity index (χ0) is 22.0. The van der Waals surface area contributed by atoms with Crippen LogP contribution in [0.2, 0.25) is 0 Å². The van der Waals surface area contributed by atoms with Gasteiger partial charge in [-0.3, -0.25) is 9.59 Å². The number of ketones is 1. The van der Waals surface area contributed by atoms with Gasteiger partial charge in [-0.2, -0.15) is 0 Å². The van der Waals surface area contributed by atoms with Crippen LogP contribution >= 0.6 is 0 Å². The summed E-state index contributed by atoms with van der Waals surface area (Å²) < 4.78 is 11.2. The van der Waals surface area contributed by atoms with Crippen LogP contribution in [0, 0.1) is 0 Å². The fraction of sp³-hybridized carbons (Fsp3) is 0.333. The Labute approximate surface area is 180 Å². The van der Waals surface area contributed by atoms with Crippen molar-refractivity contribution in [1.29, 1.82) is 0 Å². The number of rotatable bonds is 6. The topological polar surface area (TPSA) is 96.3 Å². The molecule has 2 aromatic carbocycles. The third kappa shape index (κ3) is 4.01. The van der Waals surface area contributed by atoms with Gasteiger partial charge in [0, 0.05) is 18.7 Å². The number of aromatic hydroxyl groups is 1. The first-order chi connectivity index (χ1) is 15.0. The first-order valence-corrected chi connectivity index (χ1v) is 10.4. The minimum atomic E-state index is -0.816. The quantitative estimate of drug-likeness (QED) is 0.420. The van der Waals surface area contributed by atoms with E-state index in [9.17, 15) is 19.8 Å². The molecule has 1 amide bonds. The number of hydrogen-bond acceptors (Lipinski definition) is 6. The number of amides is 1. The highest BCUT2D eigenvalue weighted by molar-refractivity contribution is 6.46. The van der Waals surface area contributed by atoms with Crippen molar-refractivity contribution < 1.29 is 29.3 Å². The Morgan fingerprint density at radius 1 is 1.19 bits per heavy atom. The molecule has 7 nitrogen and oxygen atoms in total. The maximum absolute atomic E-state index is 13.0. The molecule has 2 aromatic rings. The van der Waals surface area contributed by atoms with Crippen LogP contribution in [0.1, 0.15) is 36.9 Å². The minimum absolute atomic E-state index is 0.0161. The van der Waals surface area contributed by atoms with Gasteiger partial charge in [-0.05, 0) is 37.5 Å². The molecule has 0 radical (unpaired) electrons. The Kier molecular flexibility index (Phi) is 5.95. The molecule has 4 rings (SSSR count). The summed E-state index contributed by atoms with van der Waals surface area (Å²) in [5.41, 5.74) is 1.03. The van der Waals surface area contributed by atoms with Crippen LogP contribution in [0.15, 0.2) is 54.1 Å². The van der Waals surface area contributed by atoms with Crippen LogP contribution in [0.25, 0.3) is 5.76 Å². The molecule has 31 heavy (non-hydrogen) atoms. The Morgan fingerprint density at radius 2 is 1.97 bits per heavy atom. The van der Waals surface area contributed by atoms with E-state index >= 15 is 0 Å². The lowest BCUT2D eigenvalue weighted by molar-refractivity contribution is -0.140. The van der Waals surface area contributed by atoms with Crippen molar-refractivity contribution >= 4 is 17.4 Å². The molecule has 2 heterocycles. The highest BCUT2D eigenvalue weighted by Crippen LogP contribution is 2.42. The fourth-order valence-corrected chi connectivity index (χ4v) is 4.15. The molecule has 7 heteroatoms. The average Bonchev–Trinajstić information content (AvgIpc) is 3.38. The summed E-state index contributed by atoms with van der Waals surface area (Å²) in [4.78, 5) is 27.5. The van der Waals surface area contributed by atoms with Crippen molar-refractivity contribution in [3.8, 4) is 11.5 Å². The molecule has 2 aliphatic rings. The largest absolute Gasteiger partial charge is 0.507 e. The lowest BCUT2D eigenvalue weighted by Crippen LogP contribution is -2.36. The summed E-state index contributed by atoms with van der Waals surface area (Å²) in [7, 11) is 0. The van der Waals surface area contributed by atoms with Gasteiger partial charge in [0.05, 0.1) is 24.3 Å². The van der Waals surface area contributed by atoms with Gasteiger partial charge in [0.15, 0.2) is 11.5 Å². The van der Waals surface area contributed by atoms with E-state index in [4.69, 9.17) is 9.47 Å². The Morgan fingerprint density at radius 3 is 2.65 bits per heavy atom. The molecule has 2 N–H and O–H groups in total. The van der Waals surface area contributed by atoms with Gasteiger partial charge in [-0.25, -0.2) is 0 Å². The van der Waals surface area contributed by atoms with E-state index in [0.717, 1.165) is 12.8 Å². The predicted octanol–water partition coefficient (Wildman–Crippen LogP) is 3.39. The van der Waals surface area contributed by atoms with E-state index in [1.54, 1.807) is 49.4 Å². The lowest BCUT2D eigenvalue weighted by atomic mass is 9.95. The summed E-state index contributed by atoms with van der Waals surface area (Å²) in [5.74, 6) is -1.43. The number of benzene rings is 2. The number of aliphatic hydroxyl groups excluding tert-OH is 1. The molecule has 162 valence electrons. The van der Waals surface area contributed by atoms with E-state index in [1.165, 1.54) is 11.0 Å². The summed E-state index contributed by atoms with van der Waals surface area (Å²) >= 11 is 0. The fourth-order valence-electron chi connectivity index (χ4n) is 4.15. The summed E-state index contributed by atoms with van der Waals surface area (Å²) in [6.45, 7) is 3.00. The molecule has 0 spiro atoms. The molecular formula is C24H25NO6. The second-order valence-corrected chi connectivity index (χ2v) is 7.61. The first-order valence-electron chi connectivity index (χ1n) is 10.4. The van der Waals surface area contributed by atoms with Crippen molar-refractivity contribution in [3.05, 3.63) is 65.2 Å². The van der Waals surface area contributed by atoms with Crippen molar-refractivity contribution in [2.75, 3.05) is 19.8 Å². The number of carbonyl (C=O) groups excluding carboxylic acids is 2. The van der Waals surface area contributed by atoms with Crippen LogP contribution in [0.4, 0.5) is 0 Å². The number of nitrogens with zero attached hydrogens (tertiary/aromatic N) is 1. The SMILES string of the molecule is CCOc1cc(C2C(=C(O)c3ccccc3)C(=O)C(=O)N2CC2CCCO2)ccc1O. The van der Waals surface area contributed by atoms with Crippen LogP contribution in [0.5, 0.6) is 11.5 Å². The second kappa shape index (κ2) is 8.81. The van der Waals surface area contributed by atoms with E-state index < -0.39 is 17.7 Å². The number of phenolic OH excluding ortho intramolecular Hbond substituents is 1. The molecule has 0 bridgehead atoms. The molecular weight excluding hydrogens is 398 g/mol. The zero-order valence-corrected chi connectivity index (χ0v) is 17.3. The number of likely N-dealkylation sites (tertiary alicyclic amines) is 1. The third-order valence-electron chi connectivity index (χ3n) is 5.61. The molecule has 0 aromatic heterocycles. The van der Waals surface area contributed by atoms with Crippen molar-refractivity contribution in [3.63, 3.8) is 0 Å². The van der Waals surface area contributed by atoms with E-state index in [0.29, 0.717) is 24.3 Å². The smallest absolute Gasteiger partial charge is 0.295 e. The van der Waals surface area contributed by atoms with E-state index in [2.05, 4.69) is 0 Å². The number of Topliss-reactive ketones (excluding diaryl/α,β-unsaturated/α-hetero) is 1. The predicted molar refractivity (Wildman–Crippen MR) is 114 cm³/mol. The summed E-state index contributed by atoms with van der Waals surface area (Å²) in [6, 6.07) is 12.6. The molecule has 2 aliphatic heterocycles. The minimum Gasteiger partial charge on any atom is -0.507 e. The van der Waals surface area contributed by atoms with Crippen LogP contribution in [-0.2, 0) is 14.3 Å². The average molecular weight is 423 g/mol. The highest BCUT2D eigenvalue weighted by Gasteiger charge is 2.47. The van der Waals surface area contributed by atoms with Gasteiger partial charge < -0.3 is 24.6 Å². The van der Waals surface area contributed by atoms with Gasteiger partial charge >= 0.3 is 0 Å². The van der Waals surface area contributed by atoms with Crippen molar-refractivity contribution in [2.45, 2.75) is 31.9 Å². The number of hydrogen-bond donors (Lipinski definition) is 2. The highest BCUT2D eigenvalue weighted by atomic mass is 16.5. The van der Waals surface area contributed by atoms with E-state index in [1.807, 2.05) is 0 Å². The molecule has 0 saturated carbocycles. The number of carbonyl (C=O) groups is 2. The molecule has 2 atom stereocenters. The molecule has 2 saturated heterocycles. The Bertz CT molecular complexity index is 1010. The van der Waals surface area contributed by atoms with E-state index in [-0.39, 0.29) is 35.5 Å². The third-order valence-corrected chi connectivity index (χ3v) is 5.61. The number of aliphatic hydroxyl groups is 1. The van der Waals surface area contributed by atoms with Gasteiger partial charge in [-0.15, -0.1) is 0 Å². The zero-order valence-electron chi connectivity index (χ0n) is 17.3. The maximum atomic E-state index is 13.0. The monoisotopic (exact) mass is 423 g/mol. The van der Waals surface area contributed by atoms with Crippen molar-refractivity contribution in [2.24, 2.45) is 0 Å². The Balaban J connectivity index is 1.84. The molecule has 0 aliphatic carbocycles. The second-order valence-electron chi connectivity index (χ2n) is 7.61. The van der Waals surface area contributed by atoms with Crippen LogP contribution < -0.4 is 4.74 Å². The number of phenols is 1. The molecule has 2 fully saturated rings. The van der Waals surface area contributed by atoms with Gasteiger partial charge in [0.1, 0.15) is 5.76 Å². The van der Waals surface area contributed by atoms with Gasteiger partial charge in [0.2, 0.25) is 0 Å². The van der Waals surface area contributed by atoms with Crippen LogP contribution in [0.3, 0.4) is 0 Å². The normalized spacial score (nSPS) is 22.8. The lowest BCUT2D eigenvalue weighted by Gasteiger charge is -2.27. The maximum Gasteiger partial charge on any atom is 0.295 e. The van der Waals surface area contributed by atoms with Crippen molar-refractivity contribution in [1.82, 2.24) is 4.90 Å². The first kappa shape index (κ1) is 20.9. The van der Waals surface area contributed by atoms with Gasteiger partial charge in [0.25, 0.3) is 11.7 Å². The number of ether oxygens (including phenoxy) is 2. The van der Waals surface area contributed by atoms with Crippen LogP contribution in [-0.4, -0.2) is 52.7 Å². The standard InChI is InChI=1S/C24H25NO6/c1-2-30-19-13-16(10-11-18(19)26)21-20(22(27)15-7-4-3-5-8-15)23(28)24(29)25(21)14-17-9-6-12-31-17/h3-5,7-8,10-11,13,17,21,26-27H,2,6,9,12,14H2,1H3. The summed E-state index contributed by atoms with van der Waals surface area (Å²) in [6.07, 6.45) is 1.53.